The number of benzene rings is 2. The Morgan fingerprint density at radius 1 is 0.806 bits per heavy atom. The van der Waals surface area contributed by atoms with Gasteiger partial charge in [0.15, 0.2) is 11.5 Å². The number of hydrogen-bond donors (Lipinski definition) is 1. The molecule has 1 aromatic heterocycles. The first-order valence-corrected chi connectivity index (χ1v) is 10.3. The van der Waals surface area contributed by atoms with Crippen LogP contribution < -0.4 is 24.4 Å². The molecule has 8 heteroatoms. The van der Waals surface area contributed by atoms with Gasteiger partial charge in [0, 0.05) is 16.6 Å². The van der Waals surface area contributed by atoms with E-state index in [0.29, 0.717) is 39.1 Å². The average molecular weight is 436 g/mol. The van der Waals surface area contributed by atoms with Crippen LogP contribution in [0.5, 0.6) is 17.2 Å². The van der Waals surface area contributed by atoms with Gasteiger partial charge in [-0.2, -0.15) is 0 Å². The highest BCUT2D eigenvalue weighted by atomic mass is 32.1. The van der Waals surface area contributed by atoms with Crippen LogP contribution in [0.4, 0.5) is 11.4 Å². The summed E-state index contributed by atoms with van der Waals surface area (Å²) in [5, 5.41) is 4.98. The fourth-order valence-corrected chi connectivity index (χ4v) is 4.15. The van der Waals surface area contributed by atoms with E-state index >= 15 is 0 Å². The molecular weight excluding hydrogens is 416 g/mol. The molecule has 1 aliphatic heterocycles. The van der Waals surface area contributed by atoms with E-state index in [1.165, 1.54) is 25.6 Å². The largest absolute Gasteiger partial charge is 0.495 e. The van der Waals surface area contributed by atoms with Crippen molar-refractivity contribution in [2.75, 3.05) is 31.5 Å². The number of rotatable bonds is 7. The summed E-state index contributed by atoms with van der Waals surface area (Å²) in [4.78, 5) is 28.7. The van der Waals surface area contributed by atoms with E-state index in [0.717, 1.165) is 4.90 Å². The van der Waals surface area contributed by atoms with Crippen molar-refractivity contribution in [3.05, 3.63) is 70.6 Å². The zero-order chi connectivity index (χ0) is 22.0. The molecule has 0 saturated heterocycles. The zero-order valence-electron chi connectivity index (χ0n) is 17.2. The van der Waals surface area contributed by atoms with Gasteiger partial charge in [0.2, 0.25) is 0 Å². The smallest absolute Gasteiger partial charge is 0.282 e. The third-order valence-electron chi connectivity index (χ3n) is 4.83. The van der Waals surface area contributed by atoms with Crippen molar-refractivity contribution in [2.24, 2.45) is 0 Å². The maximum Gasteiger partial charge on any atom is 0.282 e. The van der Waals surface area contributed by atoms with Crippen LogP contribution in [-0.2, 0) is 9.59 Å². The molecule has 1 aliphatic rings. The maximum absolute atomic E-state index is 13.4. The Morgan fingerprint density at radius 2 is 1.55 bits per heavy atom. The van der Waals surface area contributed by atoms with Gasteiger partial charge in [0.25, 0.3) is 11.8 Å². The second-order valence-corrected chi connectivity index (χ2v) is 7.49. The number of imide groups is 1. The monoisotopic (exact) mass is 436 g/mol. The van der Waals surface area contributed by atoms with E-state index in [4.69, 9.17) is 14.2 Å². The number of carbonyl (C=O) groups excluding carboxylic acids is 2. The van der Waals surface area contributed by atoms with Crippen molar-refractivity contribution in [1.82, 2.24) is 0 Å². The number of hydrogen-bond acceptors (Lipinski definition) is 7. The molecule has 0 unspecified atom stereocenters. The van der Waals surface area contributed by atoms with Gasteiger partial charge in [0.05, 0.1) is 32.6 Å². The molecule has 0 radical (unpaired) electrons. The molecule has 0 fully saturated rings. The molecule has 0 spiro atoms. The standard InChI is InChI=1S/C23H20N2O5S/c1-28-16-8-5-4-7-15(16)25-22(26)20(19-9-6-12-31-19)21(23(25)27)24-14-10-11-17(29-2)18(13-14)30-3/h4-13,24H,1-3H3. The summed E-state index contributed by atoms with van der Waals surface area (Å²) in [5.74, 6) is 0.615. The molecule has 4 rings (SSSR count). The maximum atomic E-state index is 13.4. The van der Waals surface area contributed by atoms with Crippen LogP contribution in [0.2, 0.25) is 0 Å². The summed E-state index contributed by atoms with van der Waals surface area (Å²) < 4.78 is 16.0. The second-order valence-electron chi connectivity index (χ2n) is 6.54. The molecule has 0 saturated carbocycles. The van der Waals surface area contributed by atoms with Crippen LogP contribution in [0.3, 0.4) is 0 Å². The fraction of sp³-hybridized carbons (Fsp3) is 0.130. The van der Waals surface area contributed by atoms with E-state index in [-0.39, 0.29) is 5.70 Å². The van der Waals surface area contributed by atoms with Crippen LogP contribution in [0.25, 0.3) is 5.57 Å². The Bertz CT molecular complexity index is 1170. The summed E-state index contributed by atoms with van der Waals surface area (Å²) in [5.41, 5.74) is 1.47. The quantitative estimate of drug-likeness (QED) is 0.560. The molecular formula is C23H20N2O5S. The molecule has 2 amide bonds. The van der Waals surface area contributed by atoms with Crippen molar-refractivity contribution in [3.63, 3.8) is 0 Å². The summed E-state index contributed by atoms with van der Waals surface area (Å²) in [6, 6.07) is 15.8. The highest BCUT2D eigenvalue weighted by molar-refractivity contribution is 7.11. The molecule has 2 heterocycles. The lowest BCUT2D eigenvalue weighted by Gasteiger charge is -2.18. The van der Waals surface area contributed by atoms with Crippen molar-refractivity contribution >= 4 is 40.1 Å². The fourth-order valence-electron chi connectivity index (χ4n) is 3.39. The first kappa shape index (κ1) is 20.5. The topological polar surface area (TPSA) is 77.1 Å². The van der Waals surface area contributed by atoms with Crippen LogP contribution in [-0.4, -0.2) is 33.1 Å². The lowest BCUT2D eigenvalue weighted by Crippen LogP contribution is -2.32. The number of anilines is 2. The van der Waals surface area contributed by atoms with Gasteiger partial charge in [-0.3, -0.25) is 9.59 Å². The Hall–Kier alpha value is -3.78. The van der Waals surface area contributed by atoms with Crippen molar-refractivity contribution in [1.29, 1.82) is 0 Å². The van der Waals surface area contributed by atoms with Crippen LogP contribution in [0.1, 0.15) is 4.88 Å². The minimum atomic E-state index is -0.465. The number of ether oxygens (including phenoxy) is 3. The lowest BCUT2D eigenvalue weighted by atomic mass is 10.1. The number of para-hydroxylation sites is 2. The minimum Gasteiger partial charge on any atom is -0.495 e. The summed E-state index contributed by atoms with van der Waals surface area (Å²) in [7, 11) is 4.58. The highest BCUT2D eigenvalue weighted by Crippen LogP contribution is 2.39. The Balaban J connectivity index is 1.80. The predicted octanol–water partition coefficient (Wildman–Crippen LogP) is 4.17. The van der Waals surface area contributed by atoms with Gasteiger partial charge in [0.1, 0.15) is 11.4 Å². The SMILES string of the molecule is COc1ccc(NC2=C(c3cccs3)C(=O)N(c3ccccc3OC)C2=O)cc1OC. The van der Waals surface area contributed by atoms with E-state index in [9.17, 15) is 9.59 Å². The van der Waals surface area contributed by atoms with Crippen LogP contribution in [0, 0.1) is 0 Å². The van der Waals surface area contributed by atoms with E-state index in [1.54, 1.807) is 49.6 Å². The summed E-state index contributed by atoms with van der Waals surface area (Å²) in [6.45, 7) is 0. The van der Waals surface area contributed by atoms with Gasteiger partial charge >= 0.3 is 0 Å². The van der Waals surface area contributed by atoms with Gasteiger partial charge < -0.3 is 19.5 Å². The third kappa shape index (κ3) is 3.62. The highest BCUT2D eigenvalue weighted by Gasteiger charge is 2.41. The zero-order valence-corrected chi connectivity index (χ0v) is 18.0. The number of thiophene rings is 1. The number of methoxy groups -OCH3 is 3. The van der Waals surface area contributed by atoms with Gasteiger partial charge in [-0.25, -0.2) is 4.90 Å². The van der Waals surface area contributed by atoms with Gasteiger partial charge in [-0.15, -0.1) is 11.3 Å². The lowest BCUT2D eigenvalue weighted by molar-refractivity contribution is -0.120. The summed E-state index contributed by atoms with van der Waals surface area (Å²) in [6.07, 6.45) is 0. The molecule has 158 valence electrons. The number of nitrogens with zero attached hydrogens (tertiary/aromatic N) is 1. The second kappa shape index (κ2) is 8.53. The third-order valence-corrected chi connectivity index (χ3v) is 5.72. The number of amides is 2. The predicted molar refractivity (Wildman–Crippen MR) is 120 cm³/mol. The van der Waals surface area contributed by atoms with Crippen molar-refractivity contribution < 1.29 is 23.8 Å². The Kier molecular flexibility index (Phi) is 5.64. The Morgan fingerprint density at radius 3 is 2.23 bits per heavy atom. The first-order valence-electron chi connectivity index (χ1n) is 9.38. The van der Waals surface area contributed by atoms with Crippen molar-refractivity contribution in [2.45, 2.75) is 0 Å². The molecule has 7 nitrogen and oxygen atoms in total. The minimum absolute atomic E-state index is 0.186. The normalized spacial score (nSPS) is 13.6. The average Bonchev–Trinajstić information content (AvgIpc) is 3.40. The van der Waals surface area contributed by atoms with E-state index in [1.807, 2.05) is 17.5 Å². The Labute approximate surface area is 183 Å². The van der Waals surface area contributed by atoms with E-state index in [2.05, 4.69) is 5.32 Å². The molecule has 0 atom stereocenters. The number of nitrogens with one attached hydrogen (secondary N) is 1. The van der Waals surface area contributed by atoms with Gasteiger partial charge in [-0.1, -0.05) is 18.2 Å². The van der Waals surface area contributed by atoms with Crippen LogP contribution >= 0.6 is 11.3 Å². The molecule has 31 heavy (non-hydrogen) atoms. The molecule has 3 aromatic rings. The molecule has 0 bridgehead atoms. The first-order chi connectivity index (χ1) is 15.1. The summed E-state index contributed by atoms with van der Waals surface area (Å²) >= 11 is 1.39. The van der Waals surface area contributed by atoms with Crippen molar-refractivity contribution in [3.8, 4) is 17.2 Å². The molecule has 2 aromatic carbocycles. The number of carbonyl (C=O) groups is 2. The molecule has 1 N–H and O–H groups in total. The molecule has 0 aliphatic carbocycles. The van der Waals surface area contributed by atoms with E-state index < -0.39 is 11.8 Å². The van der Waals surface area contributed by atoms with Crippen LogP contribution in [0.15, 0.2) is 65.7 Å². The van der Waals surface area contributed by atoms with Gasteiger partial charge in [-0.05, 0) is 35.7 Å².